The molecule has 0 radical (unpaired) electrons. The summed E-state index contributed by atoms with van der Waals surface area (Å²) in [4.78, 5) is 18.1. The van der Waals surface area contributed by atoms with Gasteiger partial charge < -0.3 is 4.90 Å². The van der Waals surface area contributed by atoms with E-state index < -0.39 is 0 Å². The summed E-state index contributed by atoms with van der Waals surface area (Å²) in [5, 5.41) is 7.64. The largest absolute Gasteiger partial charge is 0.331 e. The van der Waals surface area contributed by atoms with Gasteiger partial charge in [-0.25, -0.2) is 0 Å². The second kappa shape index (κ2) is 4.73. The molecule has 2 aliphatic carbocycles. The topological polar surface area (TPSA) is 52.2 Å². The Balaban J connectivity index is 1.36. The van der Waals surface area contributed by atoms with Crippen molar-refractivity contribution >= 4 is 5.91 Å². The lowest BCUT2D eigenvalue weighted by Gasteiger charge is -2.68. The van der Waals surface area contributed by atoms with Crippen molar-refractivity contribution in [1.29, 1.82) is 0 Å². The Labute approximate surface area is 147 Å². The summed E-state index contributed by atoms with van der Waals surface area (Å²) in [5.74, 6) is 0.170. The molecule has 1 N–H and O–H groups in total. The number of rotatable bonds is 1. The normalized spacial score (nSPS) is 29.6. The maximum Gasteiger partial charge on any atom is 0.272 e. The van der Waals surface area contributed by atoms with Gasteiger partial charge in [0, 0.05) is 36.3 Å². The minimum atomic E-state index is 0.170. The number of hydrogen-bond acceptors (Lipinski definition) is 3. The summed E-state index contributed by atoms with van der Waals surface area (Å²) in [7, 11) is 0. The van der Waals surface area contributed by atoms with Gasteiger partial charge >= 0.3 is 0 Å². The van der Waals surface area contributed by atoms with Gasteiger partial charge in [0.05, 0.1) is 11.7 Å². The van der Waals surface area contributed by atoms with Gasteiger partial charge in [0.25, 0.3) is 5.91 Å². The molecule has 4 aliphatic rings. The molecule has 25 heavy (non-hydrogen) atoms. The molecule has 3 heterocycles. The van der Waals surface area contributed by atoms with Gasteiger partial charge in [-0.1, -0.05) is 24.3 Å². The molecule has 2 saturated heterocycles. The Bertz CT molecular complexity index is 884. The van der Waals surface area contributed by atoms with Gasteiger partial charge in [-0.2, -0.15) is 5.10 Å². The highest BCUT2D eigenvalue weighted by Crippen LogP contribution is 2.52. The van der Waals surface area contributed by atoms with Crippen molar-refractivity contribution < 1.29 is 4.79 Å². The van der Waals surface area contributed by atoms with Crippen molar-refractivity contribution in [2.24, 2.45) is 0 Å². The highest BCUT2D eigenvalue weighted by molar-refractivity contribution is 5.96. The van der Waals surface area contributed by atoms with Gasteiger partial charge in [-0.3, -0.25) is 14.8 Å². The van der Waals surface area contributed by atoms with Crippen molar-refractivity contribution in [3.05, 3.63) is 41.1 Å². The molecule has 5 heteroatoms. The van der Waals surface area contributed by atoms with Crippen LogP contribution in [0.3, 0.4) is 0 Å². The van der Waals surface area contributed by atoms with Gasteiger partial charge in [-0.15, -0.1) is 0 Å². The van der Waals surface area contributed by atoms with Crippen molar-refractivity contribution in [3.8, 4) is 11.3 Å². The number of benzene rings is 1. The molecular formula is C20H22N4O. The predicted octanol–water partition coefficient (Wildman–Crippen LogP) is 2.24. The second-order valence-electron chi connectivity index (χ2n) is 7.98. The molecule has 2 aliphatic heterocycles. The van der Waals surface area contributed by atoms with Crippen LogP contribution in [0.2, 0.25) is 0 Å². The second-order valence-corrected chi connectivity index (χ2v) is 7.98. The zero-order chi connectivity index (χ0) is 16.6. The predicted molar refractivity (Wildman–Crippen MR) is 94.4 cm³/mol. The first-order valence-corrected chi connectivity index (χ1v) is 9.49. The number of fused-ring (bicyclic) bond motifs is 3. The minimum Gasteiger partial charge on any atom is -0.331 e. The van der Waals surface area contributed by atoms with E-state index in [0.717, 1.165) is 49.3 Å². The lowest BCUT2D eigenvalue weighted by Crippen LogP contribution is -2.79. The molecule has 1 aromatic heterocycles. The average molecular weight is 334 g/mol. The molecule has 5 nitrogen and oxygen atoms in total. The fourth-order valence-corrected chi connectivity index (χ4v) is 5.61. The first-order valence-electron chi connectivity index (χ1n) is 9.49. The van der Waals surface area contributed by atoms with Gasteiger partial charge in [0.15, 0.2) is 0 Å². The van der Waals surface area contributed by atoms with Crippen molar-refractivity contribution in [2.45, 2.75) is 43.7 Å². The molecule has 1 saturated carbocycles. The number of nitrogens with zero attached hydrogens (tertiary/aromatic N) is 3. The molecule has 0 bridgehead atoms. The fraction of sp³-hybridized carbons (Fsp3) is 0.500. The number of aromatic amines is 1. The lowest BCUT2D eigenvalue weighted by molar-refractivity contribution is -0.161. The smallest absolute Gasteiger partial charge is 0.272 e. The molecule has 1 aromatic carbocycles. The number of nitrogens with one attached hydrogen (secondary N) is 1. The lowest BCUT2D eigenvalue weighted by atomic mass is 9.61. The van der Waals surface area contributed by atoms with E-state index in [1.54, 1.807) is 0 Å². The Morgan fingerprint density at radius 1 is 1.16 bits per heavy atom. The van der Waals surface area contributed by atoms with Crippen LogP contribution in [0.4, 0.5) is 0 Å². The van der Waals surface area contributed by atoms with E-state index in [-0.39, 0.29) is 5.91 Å². The van der Waals surface area contributed by atoms with Gasteiger partial charge in [-0.05, 0) is 37.7 Å². The van der Waals surface area contributed by atoms with E-state index in [4.69, 9.17) is 0 Å². The van der Waals surface area contributed by atoms with Crippen LogP contribution in [-0.2, 0) is 12.8 Å². The monoisotopic (exact) mass is 334 g/mol. The average Bonchev–Trinajstić information content (AvgIpc) is 3.02. The number of carbonyl (C=O) groups is 1. The van der Waals surface area contributed by atoms with Crippen LogP contribution in [-0.4, -0.2) is 57.1 Å². The molecule has 2 atom stereocenters. The number of hydrogen-bond donors (Lipinski definition) is 1. The maximum atomic E-state index is 13.3. The third-order valence-corrected chi connectivity index (χ3v) is 7.16. The van der Waals surface area contributed by atoms with E-state index in [1.165, 1.54) is 30.5 Å². The Morgan fingerprint density at radius 2 is 2.08 bits per heavy atom. The molecule has 6 rings (SSSR count). The number of amides is 1. The summed E-state index contributed by atoms with van der Waals surface area (Å²) in [6, 6.07) is 8.84. The third-order valence-electron chi connectivity index (χ3n) is 7.16. The Morgan fingerprint density at radius 3 is 2.88 bits per heavy atom. The highest BCUT2D eigenvalue weighted by atomic mass is 16.2. The van der Waals surface area contributed by atoms with Crippen LogP contribution in [0, 0.1) is 0 Å². The molecule has 2 unspecified atom stereocenters. The standard InChI is InChI=1S/C20H22N4O/c25-19(24-12-11-23-10-9-20(23)8-7-16(20)24)18-15-6-5-13-3-1-2-4-14(13)17(15)21-22-18/h1-4,16H,5-12H2,(H,21,22). The molecule has 1 spiro atoms. The van der Waals surface area contributed by atoms with E-state index in [9.17, 15) is 4.79 Å². The van der Waals surface area contributed by atoms with Crippen LogP contribution >= 0.6 is 0 Å². The molecular weight excluding hydrogens is 312 g/mol. The first kappa shape index (κ1) is 14.1. The third kappa shape index (κ3) is 1.67. The van der Waals surface area contributed by atoms with Gasteiger partial charge in [0.2, 0.25) is 0 Å². The van der Waals surface area contributed by atoms with Gasteiger partial charge in [0.1, 0.15) is 5.69 Å². The Hall–Kier alpha value is -2.14. The summed E-state index contributed by atoms with van der Waals surface area (Å²) >= 11 is 0. The minimum absolute atomic E-state index is 0.170. The number of piperazine rings is 1. The number of aromatic nitrogens is 2. The van der Waals surface area contributed by atoms with Crippen LogP contribution in [0.15, 0.2) is 24.3 Å². The van der Waals surface area contributed by atoms with Crippen LogP contribution in [0.1, 0.15) is 40.9 Å². The molecule has 3 fully saturated rings. The number of H-pyrrole nitrogens is 1. The summed E-state index contributed by atoms with van der Waals surface area (Å²) < 4.78 is 0. The Kier molecular flexibility index (Phi) is 2.66. The maximum absolute atomic E-state index is 13.3. The molecule has 2 aromatic rings. The van der Waals surface area contributed by atoms with Crippen LogP contribution in [0.5, 0.6) is 0 Å². The van der Waals surface area contributed by atoms with E-state index >= 15 is 0 Å². The quantitative estimate of drug-likeness (QED) is 0.870. The highest BCUT2D eigenvalue weighted by Gasteiger charge is 2.61. The van der Waals surface area contributed by atoms with E-state index in [1.807, 2.05) is 0 Å². The number of aryl methyl sites for hydroxylation is 1. The fourth-order valence-electron chi connectivity index (χ4n) is 5.61. The SMILES string of the molecule is O=C(c1[nH]nc2c1CCc1ccccc1-2)N1CCN2CCC23CCC13. The van der Waals surface area contributed by atoms with Crippen molar-refractivity contribution in [3.63, 3.8) is 0 Å². The number of carbonyl (C=O) groups excluding carboxylic acids is 1. The van der Waals surface area contributed by atoms with E-state index in [0.29, 0.717) is 11.6 Å². The van der Waals surface area contributed by atoms with Crippen molar-refractivity contribution in [2.75, 3.05) is 19.6 Å². The summed E-state index contributed by atoms with van der Waals surface area (Å²) in [5.41, 5.74) is 5.67. The summed E-state index contributed by atoms with van der Waals surface area (Å²) in [6.07, 6.45) is 5.57. The van der Waals surface area contributed by atoms with Crippen LogP contribution < -0.4 is 0 Å². The summed E-state index contributed by atoms with van der Waals surface area (Å²) in [6.45, 7) is 3.10. The van der Waals surface area contributed by atoms with Crippen LogP contribution in [0.25, 0.3) is 11.3 Å². The van der Waals surface area contributed by atoms with E-state index in [2.05, 4.69) is 44.3 Å². The first-order chi connectivity index (χ1) is 12.3. The zero-order valence-corrected chi connectivity index (χ0v) is 14.3. The molecule has 1 amide bonds. The molecule has 128 valence electrons. The zero-order valence-electron chi connectivity index (χ0n) is 14.3. The van der Waals surface area contributed by atoms with Crippen molar-refractivity contribution in [1.82, 2.24) is 20.0 Å².